The highest BCUT2D eigenvalue weighted by atomic mass is 15.1. The molecule has 0 aromatic carbocycles. The molecule has 0 aliphatic carbocycles. The van der Waals surface area contributed by atoms with Crippen LogP contribution in [0, 0.1) is 0 Å². The van der Waals surface area contributed by atoms with Crippen LogP contribution in [0.15, 0.2) is 12.3 Å². The molecule has 0 saturated carbocycles. The lowest BCUT2D eigenvalue weighted by Gasteiger charge is -2.05. The molecule has 2 heterocycles. The van der Waals surface area contributed by atoms with Gasteiger partial charge in [-0.25, -0.2) is 4.98 Å². The Morgan fingerprint density at radius 2 is 2.29 bits per heavy atom. The molecule has 3 N–H and O–H groups in total. The van der Waals surface area contributed by atoms with E-state index in [0.29, 0.717) is 6.54 Å². The number of hydrogen-bond acceptors (Lipinski definition) is 4. The number of nitrogens with two attached hydrogens (primary N) is 1. The minimum absolute atomic E-state index is 0.638. The van der Waals surface area contributed by atoms with Crippen LogP contribution < -0.4 is 11.1 Å². The van der Waals surface area contributed by atoms with Gasteiger partial charge in [0.2, 0.25) is 0 Å². The first-order valence-electron chi connectivity index (χ1n) is 4.90. The monoisotopic (exact) mass is 192 g/mol. The molecule has 1 aliphatic heterocycles. The standard InChI is InChI=1S/C10H16N4/c1-14-6-8-4-10(12-3-2-11)13-5-9(8)7-14/h4-5H,2-3,6-7,11H2,1H3,(H,12,13). The van der Waals surface area contributed by atoms with Gasteiger partial charge in [0.15, 0.2) is 0 Å². The van der Waals surface area contributed by atoms with Crippen LogP contribution in [-0.4, -0.2) is 30.0 Å². The smallest absolute Gasteiger partial charge is 0.126 e. The summed E-state index contributed by atoms with van der Waals surface area (Å²) in [6.45, 7) is 3.45. The average Bonchev–Trinajstić information content (AvgIpc) is 2.54. The maximum absolute atomic E-state index is 5.41. The second kappa shape index (κ2) is 3.94. The van der Waals surface area contributed by atoms with Crippen molar-refractivity contribution < 1.29 is 0 Å². The van der Waals surface area contributed by atoms with Crippen molar-refractivity contribution in [3.05, 3.63) is 23.4 Å². The van der Waals surface area contributed by atoms with Gasteiger partial charge < -0.3 is 11.1 Å². The molecule has 1 aromatic rings. The van der Waals surface area contributed by atoms with Crippen molar-refractivity contribution in [1.82, 2.24) is 9.88 Å². The second-order valence-electron chi connectivity index (χ2n) is 3.73. The van der Waals surface area contributed by atoms with Gasteiger partial charge in [0, 0.05) is 32.4 Å². The lowest BCUT2D eigenvalue weighted by Crippen LogP contribution is -2.14. The Kier molecular flexibility index (Phi) is 2.65. The topological polar surface area (TPSA) is 54.2 Å². The molecular formula is C10H16N4. The van der Waals surface area contributed by atoms with E-state index in [4.69, 9.17) is 5.73 Å². The summed E-state index contributed by atoms with van der Waals surface area (Å²) in [5, 5.41) is 3.18. The highest BCUT2D eigenvalue weighted by Gasteiger charge is 2.15. The van der Waals surface area contributed by atoms with Gasteiger partial charge in [-0.1, -0.05) is 0 Å². The summed E-state index contributed by atoms with van der Waals surface area (Å²) in [5.74, 6) is 0.935. The lowest BCUT2D eigenvalue weighted by atomic mass is 10.2. The number of fused-ring (bicyclic) bond motifs is 1. The fraction of sp³-hybridized carbons (Fsp3) is 0.500. The van der Waals surface area contributed by atoms with Crippen molar-refractivity contribution in [2.45, 2.75) is 13.1 Å². The van der Waals surface area contributed by atoms with E-state index in [1.165, 1.54) is 11.1 Å². The highest BCUT2D eigenvalue weighted by Crippen LogP contribution is 2.22. The SMILES string of the molecule is CN1Cc2cnc(NCCN)cc2C1. The Hall–Kier alpha value is -1.13. The third kappa shape index (κ3) is 1.86. The second-order valence-corrected chi connectivity index (χ2v) is 3.73. The molecule has 0 saturated heterocycles. The van der Waals surface area contributed by atoms with E-state index in [1.54, 1.807) is 0 Å². The van der Waals surface area contributed by atoms with Crippen LogP contribution in [0.5, 0.6) is 0 Å². The van der Waals surface area contributed by atoms with Gasteiger partial charge in [-0.15, -0.1) is 0 Å². The molecule has 2 rings (SSSR count). The van der Waals surface area contributed by atoms with Gasteiger partial charge in [0.1, 0.15) is 5.82 Å². The van der Waals surface area contributed by atoms with Crippen LogP contribution >= 0.6 is 0 Å². The van der Waals surface area contributed by atoms with Gasteiger partial charge in [0.25, 0.3) is 0 Å². The number of anilines is 1. The molecule has 4 heteroatoms. The number of pyridine rings is 1. The highest BCUT2D eigenvalue weighted by molar-refractivity contribution is 5.42. The predicted octanol–water partition coefficient (Wildman–Crippen LogP) is 0.398. The van der Waals surface area contributed by atoms with Crippen LogP contribution in [-0.2, 0) is 13.1 Å². The van der Waals surface area contributed by atoms with Crippen molar-refractivity contribution in [2.75, 3.05) is 25.5 Å². The van der Waals surface area contributed by atoms with Crippen LogP contribution in [0.2, 0.25) is 0 Å². The Labute approximate surface area is 84.1 Å². The maximum atomic E-state index is 5.41. The Morgan fingerprint density at radius 3 is 3.07 bits per heavy atom. The first-order chi connectivity index (χ1) is 6.79. The minimum atomic E-state index is 0.638. The molecule has 0 spiro atoms. The van der Waals surface area contributed by atoms with E-state index in [9.17, 15) is 0 Å². The van der Waals surface area contributed by atoms with E-state index >= 15 is 0 Å². The van der Waals surface area contributed by atoms with Gasteiger partial charge in [-0.2, -0.15) is 0 Å². The normalized spacial score (nSPS) is 15.6. The van der Waals surface area contributed by atoms with Crippen LogP contribution in [0.25, 0.3) is 0 Å². The summed E-state index contributed by atoms with van der Waals surface area (Å²) < 4.78 is 0. The van der Waals surface area contributed by atoms with Crippen molar-refractivity contribution in [3.63, 3.8) is 0 Å². The molecule has 0 atom stereocenters. The third-order valence-corrected chi connectivity index (χ3v) is 2.41. The number of nitrogens with zero attached hydrogens (tertiary/aromatic N) is 2. The summed E-state index contributed by atoms with van der Waals surface area (Å²) in [7, 11) is 2.12. The molecule has 0 bridgehead atoms. The first-order valence-corrected chi connectivity index (χ1v) is 4.90. The number of hydrogen-bond donors (Lipinski definition) is 2. The molecule has 1 aromatic heterocycles. The number of aromatic nitrogens is 1. The summed E-state index contributed by atoms with van der Waals surface area (Å²) in [4.78, 5) is 6.61. The zero-order valence-corrected chi connectivity index (χ0v) is 8.45. The fourth-order valence-corrected chi connectivity index (χ4v) is 1.75. The largest absolute Gasteiger partial charge is 0.369 e. The molecule has 1 aliphatic rings. The molecule has 0 unspecified atom stereocenters. The third-order valence-electron chi connectivity index (χ3n) is 2.41. The fourth-order valence-electron chi connectivity index (χ4n) is 1.75. The van der Waals surface area contributed by atoms with Gasteiger partial charge in [0.05, 0.1) is 0 Å². The molecule has 0 amide bonds. The molecule has 76 valence electrons. The summed E-state index contributed by atoms with van der Waals surface area (Å²) >= 11 is 0. The van der Waals surface area contributed by atoms with E-state index in [-0.39, 0.29) is 0 Å². The molecule has 4 nitrogen and oxygen atoms in total. The van der Waals surface area contributed by atoms with Crippen LogP contribution in [0.4, 0.5) is 5.82 Å². The van der Waals surface area contributed by atoms with Gasteiger partial charge in [-0.3, -0.25) is 4.90 Å². The van der Waals surface area contributed by atoms with E-state index in [0.717, 1.165) is 25.5 Å². The van der Waals surface area contributed by atoms with Crippen molar-refractivity contribution in [1.29, 1.82) is 0 Å². The van der Waals surface area contributed by atoms with Crippen LogP contribution in [0.1, 0.15) is 11.1 Å². The van der Waals surface area contributed by atoms with Gasteiger partial charge >= 0.3 is 0 Å². The van der Waals surface area contributed by atoms with E-state index in [1.807, 2.05) is 6.20 Å². The molecular weight excluding hydrogens is 176 g/mol. The Bertz CT molecular complexity index is 324. The van der Waals surface area contributed by atoms with Crippen molar-refractivity contribution in [2.24, 2.45) is 5.73 Å². The first kappa shape index (κ1) is 9.43. The molecule has 0 radical (unpaired) electrons. The summed E-state index contributed by atoms with van der Waals surface area (Å²) in [6.07, 6.45) is 1.96. The summed E-state index contributed by atoms with van der Waals surface area (Å²) in [6, 6.07) is 2.12. The number of nitrogens with one attached hydrogen (secondary N) is 1. The lowest BCUT2D eigenvalue weighted by molar-refractivity contribution is 0.353. The summed E-state index contributed by atoms with van der Waals surface area (Å²) in [5.41, 5.74) is 8.13. The van der Waals surface area contributed by atoms with Crippen LogP contribution in [0.3, 0.4) is 0 Å². The average molecular weight is 192 g/mol. The van der Waals surface area contributed by atoms with E-state index in [2.05, 4.69) is 28.3 Å². The quantitative estimate of drug-likeness (QED) is 0.727. The van der Waals surface area contributed by atoms with E-state index < -0.39 is 0 Å². The minimum Gasteiger partial charge on any atom is -0.369 e. The Balaban J connectivity index is 2.12. The zero-order chi connectivity index (χ0) is 9.97. The maximum Gasteiger partial charge on any atom is 0.126 e. The zero-order valence-electron chi connectivity index (χ0n) is 8.45. The van der Waals surface area contributed by atoms with Crippen molar-refractivity contribution in [3.8, 4) is 0 Å². The van der Waals surface area contributed by atoms with Crippen molar-refractivity contribution >= 4 is 5.82 Å². The molecule has 0 fully saturated rings. The molecule has 14 heavy (non-hydrogen) atoms. The Morgan fingerprint density at radius 1 is 1.50 bits per heavy atom. The number of rotatable bonds is 3. The predicted molar refractivity (Wildman–Crippen MR) is 57.0 cm³/mol. The van der Waals surface area contributed by atoms with Gasteiger partial charge in [-0.05, 0) is 24.2 Å².